The van der Waals surface area contributed by atoms with Crippen LogP contribution in [0.5, 0.6) is 5.75 Å². The number of carbonyl (C=O) groups is 2. The molecule has 1 aliphatic heterocycles. The highest BCUT2D eigenvalue weighted by molar-refractivity contribution is 6.47. The number of hydrogen-bond donors (Lipinski definition) is 1. The molecule has 1 fully saturated rings. The summed E-state index contributed by atoms with van der Waals surface area (Å²) in [6.07, 6.45) is -0.00258. The van der Waals surface area contributed by atoms with Crippen molar-refractivity contribution in [2.45, 2.75) is 32.9 Å². The van der Waals surface area contributed by atoms with E-state index in [1.807, 2.05) is 39.8 Å². The number of likely N-dealkylation sites (tertiary alicyclic amines) is 1. The summed E-state index contributed by atoms with van der Waals surface area (Å²) >= 11 is 12.5. The van der Waals surface area contributed by atoms with Gasteiger partial charge in [0, 0.05) is 28.7 Å². The molecule has 6 nitrogen and oxygen atoms in total. The van der Waals surface area contributed by atoms with E-state index < -0.39 is 17.7 Å². The lowest BCUT2D eigenvalue weighted by atomic mass is 9.94. The first-order chi connectivity index (χ1) is 15.5. The predicted octanol–water partition coefficient (Wildman–Crippen LogP) is 5.07. The maximum absolute atomic E-state index is 13.1. The molecule has 0 saturated carbocycles. The van der Waals surface area contributed by atoms with Crippen molar-refractivity contribution in [2.24, 2.45) is 0 Å². The van der Waals surface area contributed by atoms with E-state index in [0.717, 1.165) is 5.56 Å². The minimum Gasteiger partial charge on any atom is -0.507 e. The first kappa shape index (κ1) is 25.1. The second-order valence-corrected chi connectivity index (χ2v) is 9.45. The fourth-order valence-corrected chi connectivity index (χ4v) is 4.32. The van der Waals surface area contributed by atoms with Gasteiger partial charge in [0.05, 0.1) is 17.7 Å². The molecule has 0 aromatic heterocycles. The van der Waals surface area contributed by atoms with Gasteiger partial charge in [-0.25, -0.2) is 0 Å². The number of carbonyl (C=O) groups excluding carboxylic acids is 2. The number of aliphatic hydroxyl groups is 1. The maximum atomic E-state index is 13.1. The first-order valence-corrected chi connectivity index (χ1v) is 11.4. The van der Waals surface area contributed by atoms with Gasteiger partial charge in [-0.2, -0.15) is 0 Å². The van der Waals surface area contributed by atoms with Crippen LogP contribution in [0, 0.1) is 6.92 Å². The van der Waals surface area contributed by atoms with Crippen molar-refractivity contribution in [2.75, 3.05) is 27.2 Å². The van der Waals surface area contributed by atoms with Crippen LogP contribution < -0.4 is 4.74 Å². The molecule has 2 aromatic rings. The topological polar surface area (TPSA) is 70.1 Å². The van der Waals surface area contributed by atoms with E-state index in [-0.39, 0.29) is 24.0 Å². The minimum absolute atomic E-state index is 0.0000866. The van der Waals surface area contributed by atoms with Gasteiger partial charge in [0.15, 0.2) is 0 Å². The van der Waals surface area contributed by atoms with E-state index in [1.165, 1.54) is 4.90 Å². The van der Waals surface area contributed by atoms with Gasteiger partial charge in [0.2, 0.25) is 0 Å². The van der Waals surface area contributed by atoms with Crippen molar-refractivity contribution in [1.29, 1.82) is 0 Å². The number of halogens is 2. The van der Waals surface area contributed by atoms with E-state index in [1.54, 1.807) is 36.4 Å². The normalized spacial score (nSPS) is 18.0. The number of aliphatic hydroxyl groups excluding tert-OH is 1. The molecule has 33 heavy (non-hydrogen) atoms. The first-order valence-electron chi connectivity index (χ1n) is 10.7. The molecule has 0 unspecified atom stereocenters. The van der Waals surface area contributed by atoms with Crippen LogP contribution in [0.25, 0.3) is 5.76 Å². The fourth-order valence-electron chi connectivity index (χ4n) is 3.80. The van der Waals surface area contributed by atoms with Crippen molar-refractivity contribution < 1.29 is 19.4 Å². The quantitative estimate of drug-likeness (QED) is 0.333. The van der Waals surface area contributed by atoms with Crippen LogP contribution in [-0.2, 0) is 9.59 Å². The summed E-state index contributed by atoms with van der Waals surface area (Å²) in [6, 6.07) is 9.22. The van der Waals surface area contributed by atoms with Gasteiger partial charge >= 0.3 is 0 Å². The van der Waals surface area contributed by atoms with E-state index >= 15 is 0 Å². The van der Waals surface area contributed by atoms with Gasteiger partial charge in [-0.15, -0.1) is 0 Å². The third-order valence-corrected chi connectivity index (χ3v) is 5.96. The molecule has 1 heterocycles. The third-order valence-electron chi connectivity index (χ3n) is 5.40. The summed E-state index contributed by atoms with van der Waals surface area (Å²) in [4.78, 5) is 29.5. The predicted molar refractivity (Wildman–Crippen MR) is 131 cm³/mol. The molecule has 176 valence electrons. The molecule has 0 spiro atoms. The highest BCUT2D eigenvalue weighted by Crippen LogP contribution is 2.42. The molecule has 2 aromatic carbocycles. The largest absolute Gasteiger partial charge is 0.507 e. The molecule has 1 amide bonds. The number of ketones is 1. The Bertz CT molecular complexity index is 1110. The minimum atomic E-state index is -0.832. The monoisotopic (exact) mass is 490 g/mol. The van der Waals surface area contributed by atoms with Crippen molar-refractivity contribution in [1.82, 2.24) is 9.80 Å². The van der Waals surface area contributed by atoms with Crippen molar-refractivity contribution in [3.05, 3.63) is 68.7 Å². The van der Waals surface area contributed by atoms with Crippen LogP contribution in [-0.4, -0.2) is 59.9 Å². The van der Waals surface area contributed by atoms with E-state index in [4.69, 9.17) is 27.9 Å². The Hall–Kier alpha value is -2.54. The van der Waals surface area contributed by atoms with Crippen LogP contribution in [0.2, 0.25) is 10.0 Å². The van der Waals surface area contributed by atoms with Crippen LogP contribution >= 0.6 is 23.2 Å². The Morgan fingerprint density at radius 1 is 1.15 bits per heavy atom. The van der Waals surface area contributed by atoms with Gasteiger partial charge < -0.3 is 19.6 Å². The Morgan fingerprint density at radius 2 is 1.85 bits per heavy atom. The number of nitrogens with zero attached hydrogens (tertiary/aromatic N) is 2. The summed E-state index contributed by atoms with van der Waals surface area (Å²) in [5.74, 6) is -0.991. The Kier molecular flexibility index (Phi) is 7.73. The molecule has 1 saturated heterocycles. The fraction of sp³-hybridized carbons (Fsp3) is 0.360. The van der Waals surface area contributed by atoms with E-state index in [2.05, 4.69) is 0 Å². The molecule has 0 aliphatic carbocycles. The maximum Gasteiger partial charge on any atom is 0.295 e. The van der Waals surface area contributed by atoms with Crippen molar-refractivity contribution in [3.63, 3.8) is 0 Å². The van der Waals surface area contributed by atoms with Gasteiger partial charge in [0.1, 0.15) is 11.5 Å². The number of likely N-dealkylation sites (N-methyl/N-ethyl adjacent to an activating group) is 1. The van der Waals surface area contributed by atoms with Gasteiger partial charge in [-0.1, -0.05) is 29.3 Å². The summed E-state index contributed by atoms with van der Waals surface area (Å²) in [5, 5.41) is 12.0. The average molecular weight is 491 g/mol. The number of aryl methyl sites for hydroxylation is 1. The molecule has 0 bridgehead atoms. The SMILES string of the molecule is Cc1cc(C(O)=C2C(=O)C(=O)N(CCN(C)C)[C@@H]2c2ccc(Cl)cc2Cl)ccc1OC(C)C. The molecule has 8 heteroatoms. The molecule has 3 rings (SSSR count). The number of rotatable bonds is 7. The summed E-state index contributed by atoms with van der Waals surface area (Å²) in [7, 11) is 3.76. The van der Waals surface area contributed by atoms with Crippen LogP contribution in [0.3, 0.4) is 0 Å². The van der Waals surface area contributed by atoms with Crippen LogP contribution in [0.1, 0.15) is 36.6 Å². The van der Waals surface area contributed by atoms with E-state index in [9.17, 15) is 14.7 Å². The third kappa shape index (κ3) is 5.35. The lowest BCUT2D eigenvalue weighted by molar-refractivity contribution is -0.140. The Labute approximate surface area is 204 Å². The number of Topliss-reactive ketones (excluding diaryl/α,β-unsaturated/α-hetero) is 1. The van der Waals surface area contributed by atoms with Crippen LogP contribution in [0.15, 0.2) is 42.0 Å². The summed E-state index contributed by atoms with van der Waals surface area (Å²) in [6.45, 7) is 6.54. The Balaban J connectivity index is 2.15. The standard InChI is InChI=1S/C25H28Cl2N2O4/c1-14(2)33-20-9-6-16(12-15(20)3)23(30)21-22(18-8-7-17(26)13-19(18)27)29(11-10-28(4)5)25(32)24(21)31/h6-9,12-14,22,30H,10-11H2,1-5H3/t22-/m1/s1. The molecular weight excluding hydrogens is 463 g/mol. The zero-order valence-corrected chi connectivity index (χ0v) is 20.9. The highest BCUT2D eigenvalue weighted by atomic mass is 35.5. The summed E-state index contributed by atoms with van der Waals surface area (Å²) in [5.41, 5.74) is 1.75. The smallest absolute Gasteiger partial charge is 0.295 e. The zero-order chi connectivity index (χ0) is 24.4. The second kappa shape index (κ2) is 10.2. The molecule has 1 N–H and O–H groups in total. The number of ether oxygens (including phenoxy) is 1. The lowest BCUT2D eigenvalue weighted by Gasteiger charge is -2.27. The van der Waals surface area contributed by atoms with Gasteiger partial charge in [-0.05, 0) is 76.3 Å². The zero-order valence-electron chi connectivity index (χ0n) is 19.4. The lowest BCUT2D eigenvalue weighted by Crippen LogP contribution is -2.35. The number of benzene rings is 2. The number of hydrogen-bond acceptors (Lipinski definition) is 5. The van der Waals surface area contributed by atoms with Crippen molar-refractivity contribution in [3.8, 4) is 5.75 Å². The second-order valence-electron chi connectivity index (χ2n) is 8.61. The van der Waals surface area contributed by atoms with Gasteiger partial charge in [-0.3, -0.25) is 9.59 Å². The molecular formula is C25H28Cl2N2O4. The van der Waals surface area contributed by atoms with Gasteiger partial charge in [0.25, 0.3) is 11.7 Å². The summed E-state index contributed by atoms with van der Waals surface area (Å²) < 4.78 is 5.77. The van der Waals surface area contributed by atoms with E-state index in [0.29, 0.717) is 33.5 Å². The molecule has 0 radical (unpaired) electrons. The average Bonchev–Trinajstić information content (AvgIpc) is 2.97. The Morgan fingerprint density at radius 3 is 2.42 bits per heavy atom. The highest BCUT2D eigenvalue weighted by Gasteiger charge is 2.46. The van der Waals surface area contributed by atoms with Crippen LogP contribution in [0.4, 0.5) is 0 Å². The van der Waals surface area contributed by atoms with Crippen molar-refractivity contribution >= 4 is 40.7 Å². The molecule has 1 atom stereocenters. The number of amides is 1. The molecule has 1 aliphatic rings.